The third-order valence-electron chi connectivity index (χ3n) is 2.44. The van der Waals surface area contributed by atoms with E-state index in [1.54, 1.807) is 12.1 Å². The number of rotatable bonds is 4. The molecular weight excluding hydrogens is 297 g/mol. The standard InChI is InChI=1S/C14H13BrFNO/c1-17-9-10-2-3-11(15)8-14(10)18-13-6-4-12(16)5-7-13/h2-8,17H,9H2,1H3. The number of halogens is 2. The van der Waals surface area contributed by atoms with Gasteiger partial charge in [0.1, 0.15) is 17.3 Å². The van der Waals surface area contributed by atoms with Gasteiger partial charge in [-0.25, -0.2) is 4.39 Å². The first-order valence-corrected chi connectivity index (χ1v) is 6.35. The van der Waals surface area contributed by atoms with Gasteiger partial charge in [-0.1, -0.05) is 22.0 Å². The summed E-state index contributed by atoms with van der Waals surface area (Å²) in [6.07, 6.45) is 0. The van der Waals surface area contributed by atoms with Crippen LogP contribution >= 0.6 is 15.9 Å². The van der Waals surface area contributed by atoms with E-state index in [0.29, 0.717) is 12.3 Å². The quantitative estimate of drug-likeness (QED) is 0.918. The Bertz CT molecular complexity index is 528. The maximum absolute atomic E-state index is 12.8. The van der Waals surface area contributed by atoms with E-state index in [2.05, 4.69) is 21.2 Å². The molecule has 2 aromatic rings. The van der Waals surface area contributed by atoms with E-state index in [1.807, 2.05) is 25.2 Å². The van der Waals surface area contributed by atoms with Gasteiger partial charge in [-0.05, 0) is 43.4 Å². The summed E-state index contributed by atoms with van der Waals surface area (Å²) in [6.45, 7) is 0.712. The van der Waals surface area contributed by atoms with Crippen LogP contribution in [0.4, 0.5) is 4.39 Å². The summed E-state index contributed by atoms with van der Waals surface area (Å²) in [5.41, 5.74) is 1.05. The van der Waals surface area contributed by atoms with Crippen LogP contribution in [-0.2, 0) is 6.54 Å². The summed E-state index contributed by atoms with van der Waals surface area (Å²) in [5, 5.41) is 3.08. The third kappa shape index (κ3) is 3.31. The number of nitrogens with one attached hydrogen (secondary N) is 1. The second kappa shape index (κ2) is 5.98. The Morgan fingerprint density at radius 3 is 2.56 bits per heavy atom. The van der Waals surface area contributed by atoms with Gasteiger partial charge in [-0.15, -0.1) is 0 Å². The minimum absolute atomic E-state index is 0.271. The summed E-state index contributed by atoms with van der Waals surface area (Å²) in [7, 11) is 1.88. The lowest BCUT2D eigenvalue weighted by molar-refractivity contribution is 0.472. The van der Waals surface area contributed by atoms with E-state index in [9.17, 15) is 4.39 Å². The number of hydrogen-bond donors (Lipinski definition) is 1. The topological polar surface area (TPSA) is 21.3 Å². The first kappa shape index (κ1) is 13.1. The van der Waals surface area contributed by atoms with Gasteiger partial charge in [0.2, 0.25) is 0 Å². The monoisotopic (exact) mass is 309 g/mol. The van der Waals surface area contributed by atoms with Gasteiger partial charge < -0.3 is 10.1 Å². The molecule has 0 saturated carbocycles. The molecule has 2 rings (SSSR count). The first-order valence-electron chi connectivity index (χ1n) is 5.55. The van der Waals surface area contributed by atoms with Crippen LogP contribution in [0, 0.1) is 5.82 Å². The van der Waals surface area contributed by atoms with Crippen molar-refractivity contribution in [2.24, 2.45) is 0 Å². The van der Waals surface area contributed by atoms with Crippen molar-refractivity contribution in [3.63, 3.8) is 0 Å². The maximum Gasteiger partial charge on any atom is 0.133 e. The van der Waals surface area contributed by atoms with Crippen LogP contribution in [-0.4, -0.2) is 7.05 Å². The van der Waals surface area contributed by atoms with Crippen molar-refractivity contribution in [3.05, 3.63) is 58.3 Å². The van der Waals surface area contributed by atoms with Crippen molar-refractivity contribution < 1.29 is 9.13 Å². The lowest BCUT2D eigenvalue weighted by atomic mass is 10.2. The van der Waals surface area contributed by atoms with Crippen molar-refractivity contribution in [1.29, 1.82) is 0 Å². The van der Waals surface area contributed by atoms with E-state index in [-0.39, 0.29) is 5.82 Å². The Hall–Kier alpha value is -1.39. The molecule has 0 heterocycles. The highest BCUT2D eigenvalue weighted by Crippen LogP contribution is 2.28. The van der Waals surface area contributed by atoms with Crippen LogP contribution in [0.1, 0.15) is 5.56 Å². The summed E-state index contributed by atoms with van der Waals surface area (Å²) < 4.78 is 19.5. The van der Waals surface area contributed by atoms with Crippen LogP contribution < -0.4 is 10.1 Å². The first-order chi connectivity index (χ1) is 8.69. The zero-order chi connectivity index (χ0) is 13.0. The molecule has 2 nitrogen and oxygen atoms in total. The number of ether oxygens (including phenoxy) is 1. The van der Waals surface area contributed by atoms with Gasteiger partial charge in [0, 0.05) is 16.6 Å². The molecule has 0 radical (unpaired) electrons. The highest BCUT2D eigenvalue weighted by molar-refractivity contribution is 9.10. The molecule has 0 aromatic heterocycles. The SMILES string of the molecule is CNCc1ccc(Br)cc1Oc1ccc(F)cc1. The molecule has 0 unspecified atom stereocenters. The predicted octanol–water partition coefficient (Wildman–Crippen LogP) is 4.10. The van der Waals surface area contributed by atoms with Crippen molar-refractivity contribution in [2.75, 3.05) is 7.05 Å². The van der Waals surface area contributed by atoms with E-state index < -0.39 is 0 Å². The molecule has 1 N–H and O–H groups in total. The fourth-order valence-corrected chi connectivity index (χ4v) is 1.93. The maximum atomic E-state index is 12.8. The minimum Gasteiger partial charge on any atom is -0.457 e. The van der Waals surface area contributed by atoms with Crippen LogP contribution in [0.3, 0.4) is 0 Å². The Balaban J connectivity index is 2.26. The van der Waals surface area contributed by atoms with E-state index in [4.69, 9.17) is 4.74 Å². The van der Waals surface area contributed by atoms with Gasteiger partial charge in [-0.3, -0.25) is 0 Å². The van der Waals surface area contributed by atoms with Crippen LogP contribution in [0.2, 0.25) is 0 Å². The predicted molar refractivity (Wildman–Crippen MR) is 73.4 cm³/mol. The summed E-state index contributed by atoms with van der Waals surface area (Å²) >= 11 is 3.41. The van der Waals surface area contributed by atoms with Crippen molar-refractivity contribution >= 4 is 15.9 Å². The molecule has 0 atom stereocenters. The fourth-order valence-electron chi connectivity index (χ4n) is 1.59. The van der Waals surface area contributed by atoms with Gasteiger partial charge >= 0.3 is 0 Å². The highest BCUT2D eigenvalue weighted by Gasteiger charge is 2.05. The third-order valence-corrected chi connectivity index (χ3v) is 2.93. The van der Waals surface area contributed by atoms with Crippen LogP contribution in [0.25, 0.3) is 0 Å². The Labute approximate surface area is 114 Å². The molecule has 0 amide bonds. The van der Waals surface area contributed by atoms with Gasteiger partial charge in [0.25, 0.3) is 0 Å². The largest absolute Gasteiger partial charge is 0.457 e. The van der Waals surface area contributed by atoms with Crippen molar-refractivity contribution in [3.8, 4) is 11.5 Å². The molecule has 0 aliphatic heterocycles. The number of hydrogen-bond acceptors (Lipinski definition) is 2. The minimum atomic E-state index is -0.271. The van der Waals surface area contributed by atoms with Crippen LogP contribution in [0.5, 0.6) is 11.5 Å². The molecule has 94 valence electrons. The molecule has 0 bridgehead atoms. The van der Waals surface area contributed by atoms with Gasteiger partial charge in [0.15, 0.2) is 0 Å². The lowest BCUT2D eigenvalue weighted by Crippen LogP contribution is -2.06. The number of benzene rings is 2. The molecule has 0 spiro atoms. The Morgan fingerprint density at radius 1 is 1.17 bits per heavy atom. The zero-order valence-corrected chi connectivity index (χ0v) is 11.5. The highest BCUT2D eigenvalue weighted by atomic mass is 79.9. The molecular formula is C14H13BrFNO. The molecule has 0 fully saturated rings. The van der Waals surface area contributed by atoms with Crippen molar-refractivity contribution in [2.45, 2.75) is 6.54 Å². The summed E-state index contributed by atoms with van der Waals surface area (Å²) in [5.74, 6) is 1.10. The van der Waals surface area contributed by atoms with E-state index in [1.165, 1.54) is 12.1 Å². The van der Waals surface area contributed by atoms with Crippen LogP contribution in [0.15, 0.2) is 46.9 Å². The molecule has 4 heteroatoms. The summed E-state index contributed by atoms with van der Waals surface area (Å²) in [4.78, 5) is 0. The zero-order valence-electron chi connectivity index (χ0n) is 9.91. The second-order valence-electron chi connectivity index (χ2n) is 3.84. The molecule has 18 heavy (non-hydrogen) atoms. The average molecular weight is 310 g/mol. The smallest absolute Gasteiger partial charge is 0.133 e. The molecule has 0 aliphatic carbocycles. The lowest BCUT2D eigenvalue weighted by Gasteiger charge is -2.11. The average Bonchev–Trinajstić information content (AvgIpc) is 2.36. The normalized spacial score (nSPS) is 10.4. The van der Waals surface area contributed by atoms with Gasteiger partial charge in [-0.2, -0.15) is 0 Å². The van der Waals surface area contributed by atoms with E-state index >= 15 is 0 Å². The molecule has 0 aliphatic rings. The van der Waals surface area contributed by atoms with Gasteiger partial charge in [0.05, 0.1) is 0 Å². The van der Waals surface area contributed by atoms with E-state index in [0.717, 1.165) is 15.8 Å². The second-order valence-corrected chi connectivity index (χ2v) is 4.75. The molecule has 2 aromatic carbocycles. The van der Waals surface area contributed by atoms with Crippen molar-refractivity contribution in [1.82, 2.24) is 5.32 Å². The molecule has 0 saturated heterocycles. The fraction of sp³-hybridized carbons (Fsp3) is 0.143. The summed E-state index contributed by atoms with van der Waals surface area (Å²) in [6, 6.07) is 11.8. The Morgan fingerprint density at radius 2 is 1.89 bits per heavy atom. The Kier molecular flexibility index (Phi) is 4.33.